The molecule has 1 aromatic carbocycles. The van der Waals surface area contributed by atoms with Gasteiger partial charge in [-0.1, -0.05) is 63.9 Å². The molecule has 4 heteroatoms. The molecule has 1 heterocycles. The molecule has 0 bridgehead atoms. The van der Waals surface area contributed by atoms with Crippen molar-refractivity contribution in [3.05, 3.63) is 35.9 Å². The Kier molecular flexibility index (Phi) is 10.8. The van der Waals surface area contributed by atoms with Crippen LogP contribution in [0.3, 0.4) is 0 Å². The summed E-state index contributed by atoms with van der Waals surface area (Å²) in [6, 6.07) is 12.0. The van der Waals surface area contributed by atoms with E-state index in [9.17, 15) is 0 Å². The number of benzene rings is 1. The third-order valence-electron chi connectivity index (χ3n) is 5.40. The fourth-order valence-corrected chi connectivity index (χ4v) is 5.48. The smallest absolute Gasteiger partial charge is 0.0632 e. The van der Waals surface area contributed by atoms with Crippen molar-refractivity contribution in [2.75, 3.05) is 20.3 Å². The van der Waals surface area contributed by atoms with E-state index >= 15 is 0 Å². The second-order valence-corrected chi connectivity index (χ2v) is 9.51. The summed E-state index contributed by atoms with van der Waals surface area (Å²) < 4.78 is 5.46. The Morgan fingerprint density at radius 1 is 1.26 bits per heavy atom. The Morgan fingerprint density at radius 3 is 2.70 bits per heavy atom. The molecule has 1 aliphatic heterocycles. The van der Waals surface area contributed by atoms with Crippen LogP contribution in [0.5, 0.6) is 0 Å². The van der Waals surface area contributed by atoms with Gasteiger partial charge in [0.25, 0.3) is 0 Å². The lowest BCUT2D eigenvalue weighted by atomic mass is 9.99. The number of nitrogens with zero attached hydrogens (tertiary/aromatic N) is 1. The molecule has 0 saturated carbocycles. The monoisotopic (exact) mass is 392 g/mol. The van der Waals surface area contributed by atoms with E-state index in [0.29, 0.717) is 17.3 Å². The molecule has 0 aromatic heterocycles. The molecule has 0 unspecified atom stereocenters. The van der Waals surface area contributed by atoms with Gasteiger partial charge in [-0.05, 0) is 37.2 Å². The molecule has 1 saturated heterocycles. The van der Waals surface area contributed by atoms with Crippen LogP contribution in [0, 0.1) is 5.92 Å². The van der Waals surface area contributed by atoms with Gasteiger partial charge in [-0.3, -0.25) is 5.43 Å². The molecule has 1 aromatic rings. The van der Waals surface area contributed by atoms with Gasteiger partial charge in [0, 0.05) is 36.7 Å². The molecular weight excluding hydrogens is 352 g/mol. The molecule has 1 aliphatic rings. The van der Waals surface area contributed by atoms with Gasteiger partial charge in [-0.15, -0.1) is 0 Å². The highest BCUT2D eigenvalue weighted by Gasteiger charge is 2.30. The first-order valence-electron chi connectivity index (χ1n) is 10.8. The van der Waals surface area contributed by atoms with Crippen LogP contribution in [0.1, 0.15) is 64.9 Å². The van der Waals surface area contributed by atoms with Crippen molar-refractivity contribution in [3.8, 4) is 0 Å². The van der Waals surface area contributed by atoms with E-state index in [1.54, 1.807) is 0 Å². The summed E-state index contributed by atoms with van der Waals surface area (Å²) in [6.45, 7) is 9.00. The highest BCUT2D eigenvalue weighted by atomic mass is 32.2. The summed E-state index contributed by atoms with van der Waals surface area (Å²) >= 11 is 2.14. The normalized spacial score (nSPS) is 20.3. The lowest BCUT2D eigenvalue weighted by molar-refractivity contribution is 0.0678. The summed E-state index contributed by atoms with van der Waals surface area (Å²) in [6.07, 6.45) is 7.59. The molecule has 2 rings (SSSR count). The molecule has 27 heavy (non-hydrogen) atoms. The van der Waals surface area contributed by atoms with Gasteiger partial charge in [0.15, 0.2) is 0 Å². The molecule has 0 aliphatic carbocycles. The van der Waals surface area contributed by atoms with Crippen LogP contribution in [-0.4, -0.2) is 42.6 Å². The Bertz CT molecular complexity index is 496. The lowest BCUT2D eigenvalue weighted by Gasteiger charge is -2.35. The second kappa shape index (κ2) is 12.8. The Labute approximate surface area is 171 Å². The standard InChI is InChI=1S/C23H40N2OS/c1-5-6-14-22(24-25-15-10-13-21(25)17-26-4)23(16-19(2)3)27-18-20-11-8-7-9-12-20/h7-9,11-12,19,21-24H,5-6,10,13-18H2,1-4H3/t21-,22+,23-/m0/s1. The van der Waals surface area contributed by atoms with Crippen molar-refractivity contribution in [2.45, 2.75) is 82.4 Å². The van der Waals surface area contributed by atoms with Gasteiger partial charge in [-0.2, -0.15) is 11.8 Å². The number of hydrazine groups is 1. The van der Waals surface area contributed by atoms with Crippen molar-refractivity contribution < 1.29 is 4.74 Å². The summed E-state index contributed by atoms with van der Waals surface area (Å²) in [5, 5.41) is 3.13. The topological polar surface area (TPSA) is 24.5 Å². The van der Waals surface area contributed by atoms with E-state index in [-0.39, 0.29) is 0 Å². The third kappa shape index (κ3) is 8.15. The van der Waals surface area contributed by atoms with Crippen LogP contribution in [0.15, 0.2) is 30.3 Å². The predicted octanol–water partition coefficient (Wildman–Crippen LogP) is 5.51. The Hall–Kier alpha value is -0.550. The van der Waals surface area contributed by atoms with Crippen LogP contribution in [0.25, 0.3) is 0 Å². The highest BCUT2D eigenvalue weighted by Crippen LogP contribution is 2.29. The number of rotatable bonds is 13. The van der Waals surface area contributed by atoms with Crippen molar-refractivity contribution in [1.82, 2.24) is 10.4 Å². The Balaban J connectivity index is 2.04. The first-order chi connectivity index (χ1) is 13.1. The minimum atomic E-state index is 0.526. The van der Waals surface area contributed by atoms with E-state index < -0.39 is 0 Å². The Morgan fingerprint density at radius 2 is 2.04 bits per heavy atom. The number of hydrogen-bond donors (Lipinski definition) is 1. The molecule has 1 N–H and O–H groups in total. The predicted molar refractivity (Wildman–Crippen MR) is 119 cm³/mol. The van der Waals surface area contributed by atoms with Crippen LogP contribution >= 0.6 is 11.8 Å². The number of unbranched alkanes of at least 4 members (excludes halogenated alkanes) is 1. The largest absolute Gasteiger partial charge is 0.383 e. The van der Waals surface area contributed by atoms with Crippen LogP contribution in [0.4, 0.5) is 0 Å². The quantitative estimate of drug-likeness (QED) is 0.478. The SMILES string of the molecule is CCCC[C@@H](NN1CCC[C@H]1COC)[C@H](CC(C)C)SCc1ccccc1. The van der Waals surface area contributed by atoms with Gasteiger partial charge in [0.1, 0.15) is 0 Å². The van der Waals surface area contributed by atoms with E-state index in [2.05, 4.69) is 73.3 Å². The number of nitrogens with one attached hydrogen (secondary N) is 1. The zero-order valence-electron chi connectivity index (χ0n) is 17.8. The molecule has 3 atom stereocenters. The van der Waals surface area contributed by atoms with E-state index in [1.165, 1.54) is 44.1 Å². The van der Waals surface area contributed by atoms with Gasteiger partial charge in [0.05, 0.1) is 6.61 Å². The lowest BCUT2D eigenvalue weighted by Crippen LogP contribution is -2.52. The number of hydrogen-bond acceptors (Lipinski definition) is 4. The van der Waals surface area contributed by atoms with Crippen molar-refractivity contribution >= 4 is 11.8 Å². The first kappa shape index (κ1) is 22.7. The maximum Gasteiger partial charge on any atom is 0.0632 e. The van der Waals surface area contributed by atoms with Crippen LogP contribution in [-0.2, 0) is 10.5 Å². The number of ether oxygens (including phenoxy) is 1. The zero-order valence-corrected chi connectivity index (χ0v) is 18.6. The molecule has 0 radical (unpaired) electrons. The summed E-state index contributed by atoms with van der Waals surface area (Å²) in [4.78, 5) is 0. The van der Waals surface area contributed by atoms with Gasteiger partial charge in [-0.25, -0.2) is 5.01 Å². The van der Waals surface area contributed by atoms with Gasteiger partial charge >= 0.3 is 0 Å². The summed E-state index contributed by atoms with van der Waals surface area (Å²) in [5.41, 5.74) is 5.39. The van der Waals surface area contributed by atoms with Crippen LogP contribution < -0.4 is 5.43 Å². The molecule has 0 amide bonds. The fourth-order valence-electron chi connectivity index (χ4n) is 3.93. The van der Waals surface area contributed by atoms with Gasteiger partial charge < -0.3 is 4.74 Å². The molecule has 1 fully saturated rings. The minimum Gasteiger partial charge on any atom is -0.383 e. The third-order valence-corrected chi connectivity index (χ3v) is 6.85. The summed E-state index contributed by atoms with van der Waals surface area (Å²) in [7, 11) is 1.82. The van der Waals surface area contributed by atoms with Crippen molar-refractivity contribution in [3.63, 3.8) is 0 Å². The van der Waals surface area contributed by atoms with E-state index in [4.69, 9.17) is 4.74 Å². The maximum absolute atomic E-state index is 5.46. The molecule has 0 spiro atoms. The van der Waals surface area contributed by atoms with E-state index in [1.807, 2.05) is 7.11 Å². The van der Waals surface area contributed by atoms with Gasteiger partial charge in [0.2, 0.25) is 0 Å². The first-order valence-corrected chi connectivity index (χ1v) is 11.9. The number of methoxy groups -OCH3 is 1. The molecule has 3 nitrogen and oxygen atoms in total. The average Bonchev–Trinajstić information content (AvgIpc) is 3.10. The zero-order chi connectivity index (χ0) is 19.5. The molecular formula is C23H40N2OS. The fraction of sp³-hybridized carbons (Fsp3) is 0.739. The minimum absolute atomic E-state index is 0.526. The van der Waals surface area contributed by atoms with Crippen molar-refractivity contribution in [1.29, 1.82) is 0 Å². The summed E-state index contributed by atoms with van der Waals surface area (Å²) in [5.74, 6) is 1.82. The maximum atomic E-state index is 5.46. The van der Waals surface area contributed by atoms with Crippen molar-refractivity contribution in [2.24, 2.45) is 5.92 Å². The highest BCUT2D eigenvalue weighted by molar-refractivity contribution is 7.99. The van der Waals surface area contributed by atoms with E-state index in [0.717, 1.165) is 24.8 Å². The number of thioether (sulfide) groups is 1. The molecule has 154 valence electrons. The second-order valence-electron chi connectivity index (χ2n) is 8.29. The average molecular weight is 393 g/mol. The van der Waals surface area contributed by atoms with Crippen LogP contribution in [0.2, 0.25) is 0 Å².